The highest BCUT2D eigenvalue weighted by atomic mass is 16.5. The van der Waals surface area contributed by atoms with Crippen LogP contribution in [0.4, 0.5) is 5.82 Å². The summed E-state index contributed by atoms with van der Waals surface area (Å²) >= 11 is 0. The molecule has 8 heteroatoms. The molecule has 0 saturated carbocycles. The monoisotopic (exact) mass is 484 g/mol. The highest BCUT2D eigenvalue weighted by Crippen LogP contribution is 2.42. The molecule has 1 aromatic heterocycles. The smallest absolute Gasteiger partial charge is 0.301 e. The lowest BCUT2D eigenvalue weighted by molar-refractivity contribution is -0.132. The van der Waals surface area contributed by atoms with Crippen LogP contribution in [0.1, 0.15) is 29.9 Å². The van der Waals surface area contributed by atoms with Gasteiger partial charge in [-0.25, -0.2) is 0 Å². The van der Waals surface area contributed by atoms with E-state index in [0.29, 0.717) is 35.0 Å². The largest absolute Gasteiger partial charge is 0.507 e. The van der Waals surface area contributed by atoms with E-state index in [4.69, 9.17) is 14.0 Å². The predicted molar refractivity (Wildman–Crippen MR) is 134 cm³/mol. The van der Waals surface area contributed by atoms with Gasteiger partial charge in [0.15, 0.2) is 5.82 Å². The molecule has 3 aromatic carbocycles. The van der Waals surface area contributed by atoms with Crippen LogP contribution in [0.3, 0.4) is 0 Å². The first-order chi connectivity index (χ1) is 17.4. The quantitative estimate of drug-likeness (QED) is 0.229. The van der Waals surface area contributed by atoms with Crippen molar-refractivity contribution >= 4 is 34.0 Å². The summed E-state index contributed by atoms with van der Waals surface area (Å²) in [5.41, 5.74) is 0.961. The Morgan fingerprint density at radius 3 is 2.53 bits per heavy atom. The second-order valence-electron chi connectivity index (χ2n) is 8.40. The van der Waals surface area contributed by atoms with E-state index in [-0.39, 0.29) is 17.2 Å². The lowest BCUT2D eigenvalue weighted by Gasteiger charge is -2.23. The molecule has 1 fully saturated rings. The summed E-state index contributed by atoms with van der Waals surface area (Å²) < 4.78 is 16.1. The van der Waals surface area contributed by atoms with Gasteiger partial charge in [0.1, 0.15) is 23.0 Å². The average Bonchev–Trinajstić information content (AvgIpc) is 3.43. The Kier molecular flexibility index (Phi) is 5.93. The van der Waals surface area contributed by atoms with Gasteiger partial charge in [0.2, 0.25) is 0 Å². The molecule has 1 aliphatic rings. The molecule has 1 saturated heterocycles. The Morgan fingerprint density at radius 1 is 1.03 bits per heavy atom. The molecule has 1 aliphatic heterocycles. The Balaban J connectivity index is 1.69. The van der Waals surface area contributed by atoms with Crippen molar-refractivity contribution in [3.05, 3.63) is 89.2 Å². The van der Waals surface area contributed by atoms with Gasteiger partial charge in [0.05, 0.1) is 25.3 Å². The minimum absolute atomic E-state index is 0.0397. The van der Waals surface area contributed by atoms with Gasteiger partial charge < -0.3 is 19.1 Å². The summed E-state index contributed by atoms with van der Waals surface area (Å²) in [7, 11) is 1.59. The Bertz CT molecular complexity index is 1520. The number of nitrogens with zero attached hydrogens (tertiary/aromatic N) is 2. The molecule has 1 N–H and O–H groups in total. The number of ether oxygens (including phenoxy) is 2. The van der Waals surface area contributed by atoms with E-state index in [1.165, 1.54) is 4.90 Å². The molecule has 1 amide bonds. The van der Waals surface area contributed by atoms with Crippen molar-refractivity contribution in [3.8, 4) is 11.5 Å². The second-order valence-corrected chi connectivity index (χ2v) is 8.40. The molecule has 0 radical (unpaired) electrons. The van der Waals surface area contributed by atoms with Crippen LogP contribution in [0.2, 0.25) is 0 Å². The van der Waals surface area contributed by atoms with E-state index in [9.17, 15) is 14.7 Å². The molecule has 36 heavy (non-hydrogen) atoms. The molecule has 0 aliphatic carbocycles. The van der Waals surface area contributed by atoms with E-state index in [1.54, 1.807) is 56.5 Å². The van der Waals surface area contributed by atoms with E-state index in [2.05, 4.69) is 5.16 Å². The molecule has 0 spiro atoms. The fraction of sp³-hybridized carbons (Fsp3) is 0.179. The molecule has 2 heterocycles. The van der Waals surface area contributed by atoms with Crippen molar-refractivity contribution in [2.45, 2.75) is 19.9 Å². The van der Waals surface area contributed by atoms with Crippen LogP contribution in [-0.4, -0.2) is 35.7 Å². The number of methoxy groups -OCH3 is 1. The van der Waals surface area contributed by atoms with E-state index in [1.807, 2.05) is 31.2 Å². The summed E-state index contributed by atoms with van der Waals surface area (Å²) in [6, 6.07) is 18.6. The van der Waals surface area contributed by atoms with Gasteiger partial charge in [-0.3, -0.25) is 14.5 Å². The topological polar surface area (TPSA) is 102 Å². The molecule has 8 nitrogen and oxygen atoms in total. The maximum atomic E-state index is 13.3. The first-order valence-corrected chi connectivity index (χ1v) is 11.5. The van der Waals surface area contributed by atoms with Gasteiger partial charge in [-0.1, -0.05) is 35.5 Å². The molecule has 4 aromatic rings. The predicted octanol–water partition coefficient (Wildman–Crippen LogP) is 5.17. The molecule has 1 atom stereocenters. The maximum absolute atomic E-state index is 13.3. The zero-order valence-electron chi connectivity index (χ0n) is 20.0. The Labute approximate surface area is 207 Å². The summed E-state index contributed by atoms with van der Waals surface area (Å²) in [5, 5.41) is 17.1. The van der Waals surface area contributed by atoms with Gasteiger partial charge >= 0.3 is 5.91 Å². The van der Waals surface area contributed by atoms with Gasteiger partial charge in [-0.05, 0) is 60.5 Å². The fourth-order valence-electron chi connectivity index (χ4n) is 4.45. The minimum atomic E-state index is -0.929. The number of carbonyl (C=O) groups is 2. The highest BCUT2D eigenvalue weighted by molar-refractivity contribution is 6.51. The number of aryl methyl sites for hydroxylation is 1. The Hall–Kier alpha value is -4.59. The summed E-state index contributed by atoms with van der Waals surface area (Å²) in [6.45, 7) is 4.02. The normalized spacial score (nSPS) is 17.1. The summed E-state index contributed by atoms with van der Waals surface area (Å²) in [5.74, 6) is 0.0704. The number of benzene rings is 3. The van der Waals surface area contributed by atoms with Crippen molar-refractivity contribution in [2.75, 3.05) is 18.6 Å². The van der Waals surface area contributed by atoms with Gasteiger partial charge in [0, 0.05) is 11.6 Å². The van der Waals surface area contributed by atoms with Crippen molar-refractivity contribution in [2.24, 2.45) is 0 Å². The SMILES string of the molecule is CCOc1cccc(C2/C(=C(\O)c3ccc4cc(OC)ccc4c3)C(=O)C(=O)N2c2cc(C)on2)c1. The lowest BCUT2D eigenvalue weighted by atomic mass is 9.94. The van der Waals surface area contributed by atoms with Crippen LogP contribution in [-0.2, 0) is 9.59 Å². The number of aliphatic hydroxyl groups is 1. The Morgan fingerprint density at radius 2 is 1.81 bits per heavy atom. The minimum Gasteiger partial charge on any atom is -0.507 e. The van der Waals surface area contributed by atoms with Crippen LogP contribution < -0.4 is 14.4 Å². The van der Waals surface area contributed by atoms with E-state index in [0.717, 1.165) is 10.8 Å². The number of Topliss-reactive ketones (excluding diaryl/α,β-unsaturated/α-hetero) is 1. The third-order valence-electron chi connectivity index (χ3n) is 6.11. The fourth-order valence-corrected chi connectivity index (χ4v) is 4.45. The van der Waals surface area contributed by atoms with E-state index >= 15 is 0 Å². The van der Waals surface area contributed by atoms with Crippen LogP contribution in [0.15, 0.2) is 76.8 Å². The number of carbonyl (C=O) groups excluding carboxylic acids is 2. The van der Waals surface area contributed by atoms with Gasteiger partial charge in [0.25, 0.3) is 5.78 Å². The number of anilines is 1. The third kappa shape index (κ3) is 3.96. The molecular weight excluding hydrogens is 460 g/mol. The van der Waals surface area contributed by atoms with Crippen LogP contribution in [0.25, 0.3) is 16.5 Å². The van der Waals surface area contributed by atoms with Crippen LogP contribution in [0.5, 0.6) is 11.5 Å². The first-order valence-electron chi connectivity index (χ1n) is 11.5. The van der Waals surface area contributed by atoms with Gasteiger partial charge in [-0.2, -0.15) is 0 Å². The zero-order valence-corrected chi connectivity index (χ0v) is 20.0. The number of aliphatic hydroxyl groups excluding tert-OH is 1. The second kappa shape index (κ2) is 9.22. The summed E-state index contributed by atoms with van der Waals surface area (Å²) in [4.78, 5) is 27.8. The van der Waals surface area contributed by atoms with Crippen LogP contribution in [0, 0.1) is 6.92 Å². The van der Waals surface area contributed by atoms with Crippen molar-refractivity contribution in [1.29, 1.82) is 0 Å². The van der Waals surface area contributed by atoms with Crippen molar-refractivity contribution < 1.29 is 28.7 Å². The molecule has 182 valence electrons. The van der Waals surface area contributed by atoms with Crippen molar-refractivity contribution in [3.63, 3.8) is 0 Å². The molecule has 5 rings (SSSR count). The van der Waals surface area contributed by atoms with E-state index < -0.39 is 17.7 Å². The van der Waals surface area contributed by atoms with Crippen LogP contribution >= 0.6 is 0 Å². The van der Waals surface area contributed by atoms with Gasteiger partial charge in [-0.15, -0.1) is 0 Å². The number of hydrogen-bond acceptors (Lipinski definition) is 7. The highest BCUT2D eigenvalue weighted by Gasteiger charge is 2.48. The number of rotatable bonds is 6. The molecular formula is C28H24N2O6. The first kappa shape index (κ1) is 23.2. The maximum Gasteiger partial charge on any atom is 0.301 e. The third-order valence-corrected chi connectivity index (χ3v) is 6.11. The zero-order chi connectivity index (χ0) is 25.4. The molecule has 1 unspecified atom stereocenters. The number of hydrogen-bond donors (Lipinski definition) is 1. The summed E-state index contributed by atoms with van der Waals surface area (Å²) in [6.07, 6.45) is 0. The number of fused-ring (bicyclic) bond motifs is 1. The number of amides is 1. The number of ketones is 1. The number of aromatic nitrogens is 1. The standard InChI is InChI=1S/C28H24N2O6/c1-4-35-22-7-5-6-19(15-22)25-24(27(32)28(33)30(25)23-12-16(2)36-29-23)26(31)20-9-8-18-14-21(34-3)11-10-17(18)13-20/h5-15,25,31H,4H2,1-3H3/b26-24+. The van der Waals surface area contributed by atoms with Crippen molar-refractivity contribution in [1.82, 2.24) is 5.16 Å². The molecule has 0 bridgehead atoms. The average molecular weight is 485 g/mol. The lowest BCUT2D eigenvalue weighted by Crippen LogP contribution is -2.29.